The molecule has 4 nitrogen and oxygen atoms in total. The van der Waals surface area contributed by atoms with Crippen LogP contribution in [-0.4, -0.2) is 23.2 Å². The third-order valence-corrected chi connectivity index (χ3v) is 2.54. The van der Waals surface area contributed by atoms with E-state index >= 15 is 0 Å². The van der Waals surface area contributed by atoms with E-state index in [9.17, 15) is 0 Å². The first kappa shape index (κ1) is 9.98. The second-order valence-electron chi connectivity index (χ2n) is 3.48. The van der Waals surface area contributed by atoms with Gasteiger partial charge in [-0.2, -0.15) is 0 Å². The van der Waals surface area contributed by atoms with Crippen molar-refractivity contribution < 1.29 is 4.74 Å². The molecule has 80 valence electrons. The average Bonchev–Trinajstić information content (AvgIpc) is 2.56. The van der Waals surface area contributed by atoms with Gasteiger partial charge in [0.25, 0.3) is 0 Å². The normalized spacial score (nSPS) is 10.9. The second-order valence-corrected chi connectivity index (χ2v) is 3.48. The van der Waals surface area contributed by atoms with Gasteiger partial charge in [-0.05, 0) is 19.1 Å². The molecule has 0 saturated carbocycles. The number of ether oxygens (including phenoxy) is 1. The SMILES string of the molecule is COc1ccnc2c1cc(C)n2CCN. The molecular weight excluding hydrogens is 190 g/mol. The minimum atomic E-state index is 0.615. The van der Waals surface area contributed by atoms with Crippen molar-refractivity contribution >= 4 is 11.0 Å². The predicted octanol–water partition coefficient (Wildman–Crippen LogP) is 1.31. The maximum Gasteiger partial charge on any atom is 0.143 e. The number of nitrogens with zero attached hydrogens (tertiary/aromatic N) is 2. The molecule has 2 heterocycles. The number of hydrogen-bond donors (Lipinski definition) is 1. The van der Waals surface area contributed by atoms with Crippen LogP contribution in [0.5, 0.6) is 5.75 Å². The van der Waals surface area contributed by atoms with E-state index in [4.69, 9.17) is 10.5 Å². The Balaban J connectivity index is 2.67. The molecule has 0 radical (unpaired) electrons. The zero-order valence-electron chi connectivity index (χ0n) is 9.03. The fraction of sp³-hybridized carbons (Fsp3) is 0.364. The van der Waals surface area contributed by atoms with Crippen molar-refractivity contribution in [1.82, 2.24) is 9.55 Å². The summed E-state index contributed by atoms with van der Waals surface area (Å²) in [7, 11) is 1.67. The Hall–Kier alpha value is -1.55. The highest BCUT2D eigenvalue weighted by atomic mass is 16.5. The van der Waals surface area contributed by atoms with Gasteiger partial charge in [-0.3, -0.25) is 0 Å². The fourth-order valence-corrected chi connectivity index (χ4v) is 1.84. The third kappa shape index (κ3) is 1.57. The largest absolute Gasteiger partial charge is 0.496 e. The molecule has 0 unspecified atom stereocenters. The van der Waals surface area contributed by atoms with Gasteiger partial charge in [0.2, 0.25) is 0 Å². The molecule has 0 fully saturated rings. The van der Waals surface area contributed by atoms with Crippen LogP contribution in [0.4, 0.5) is 0 Å². The highest BCUT2D eigenvalue weighted by molar-refractivity contribution is 5.84. The molecule has 2 aromatic heterocycles. The van der Waals surface area contributed by atoms with Crippen molar-refractivity contribution in [3.8, 4) is 5.75 Å². The molecule has 0 amide bonds. The molecular formula is C11H15N3O. The van der Waals surface area contributed by atoms with Crippen molar-refractivity contribution in [3.63, 3.8) is 0 Å². The molecule has 0 bridgehead atoms. The molecule has 4 heteroatoms. The summed E-state index contributed by atoms with van der Waals surface area (Å²) in [6.45, 7) is 3.45. The van der Waals surface area contributed by atoms with E-state index in [1.165, 1.54) is 0 Å². The van der Waals surface area contributed by atoms with Crippen molar-refractivity contribution in [2.75, 3.05) is 13.7 Å². The van der Waals surface area contributed by atoms with Crippen LogP contribution in [0.15, 0.2) is 18.3 Å². The van der Waals surface area contributed by atoms with Gasteiger partial charge in [0, 0.05) is 25.0 Å². The number of aromatic nitrogens is 2. The summed E-state index contributed by atoms with van der Waals surface area (Å²) in [5.74, 6) is 0.860. The molecule has 0 aliphatic carbocycles. The number of aryl methyl sites for hydroxylation is 1. The van der Waals surface area contributed by atoms with Gasteiger partial charge in [-0.1, -0.05) is 0 Å². The van der Waals surface area contributed by atoms with Gasteiger partial charge in [-0.15, -0.1) is 0 Å². The lowest BCUT2D eigenvalue weighted by Crippen LogP contribution is -2.11. The lowest BCUT2D eigenvalue weighted by molar-refractivity contribution is 0.419. The van der Waals surface area contributed by atoms with E-state index in [2.05, 4.69) is 22.5 Å². The zero-order chi connectivity index (χ0) is 10.8. The summed E-state index contributed by atoms with van der Waals surface area (Å²) >= 11 is 0. The Morgan fingerprint density at radius 1 is 1.53 bits per heavy atom. The van der Waals surface area contributed by atoms with Crippen LogP contribution in [0.25, 0.3) is 11.0 Å². The summed E-state index contributed by atoms with van der Waals surface area (Å²) in [4.78, 5) is 4.36. The Morgan fingerprint density at radius 3 is 3.00 bits per heavy atom. The number of methoxy groups -OCH3 is 1. The molecule has 15 heavy (non-hydrogen) atoms. The average molecular weight is 205 g/mol. The summed E-state index contributed by atoms with van der Waals surface area (Å²) in [5, 5.41) is 1.05. The molecule has 0 saturated heterocycles. The quantitative estimate of drug-likeness (QED) is 0.822. The number of pyridine rings is 1. The first-order chi connectivity index (χ1) is 7.27. The van der Waals surface area contributed by atoms with Crippen LogP contribution in [0.1, 0.15) is 5.69 Å². The zero-order valence-corrected chi connectivity index (χ0v) is 9.03. The van der Waals surface area contributed by atoms with Crippen LogP contribution >= 0.6 is 0 Å². The Labute approximate surface area is 88.7 Å². The number of hydrogen-bond acceptors (Lipinski definition) is 3. The van der Waals surface area contributed by atoms with E-state index in [1.807, 2.05) is 6.07 Å². The van der Waals surface area contributed by atoms with Crippen molar-refractivity contribution in [1.29, 1.82) is 0 Å². The van der Waals surface area contributed by atoms with E-state index in [0.29, 0.717) is 6.54 Å². The van der Waals surface area contributed by atoms with E-state index in [0.717, 1.165) is 29.0 Å². The lowest BCUT2D eigenvalue weighted by Gasteiger charge is -2.05. The second kappa shape index (κ2) is 3.90. The number of nitrogens with two attached hydrogens (primary N) is 1. The van der Waals surface area contributed by atoms with Crippen LogP contribution in [0.3, 0.4) is 0 Å². The summed E-state index contributed by atoms with van der Waals surface area (Å²) < 4.78 is 7.40. The molecule has 2 aromatic rings. The first-order valence-corrected chi connectivity index (χ1v) is 4.97. The summed E-state index contributed by atoms with van der Waals surface area (Å²) in [6.07, 6.45) is 1.76. The molecule has 2 N–H and O–H groups in total. The van der Waals surface area contributed by atoms with Crippen LogP contribution < -0.4 is 10.5 Å². The Kier molecular flexibility index (Phi) is 2.60. The van der Waals surface area contributed by atoms with Crippen LogP contribution in [-0.2, 0) is 6.54 Å². The van der Waals surface area contributed by atoms with Gasteiger partial charge >= 0.3 is 0 Å². The van der Waals surface area contributed by atoms with Gasteiger partial charge in [0.05, 0.1) is 12.5 Å². The van der Waals surface area contributed by atoms with Crippen molar-refractivity contribution in [2.24, 2.45) is 5.73 Å². The van der Waals surface area contributed by atoms with Crippen LogP contribution in [0, 0.1) is 6.92 Å². The number of rotatable bonds is 3. The Bertz CT molecular complexity index is 476. The topological polar surface area (TPSA) is 53.1 Å². The minimum absolute atomic E-state index is 0.615. The van der Waals surface area contributed by atoms with E-state index < -0.39 is 0 Å². The highest BCUT2D eigenvalue weighted by Crippen LogP contribution is 2.26. The maximum absolute atomic E-state index is 5.57. The lowest BCUT2D eigenvalue weighted by atomic mass is 10.3. The summed E-state index contributed by atoms with van der Waals surface area (Å²) in [5.41, 5.74) is 7.67. The molecule has 0 spiro atoms. The first-order valence-electron chi connectivity index (χ1n) is 4.97. The van der Waals surface area contributed by atoms with Gasteiger partial charge in [-0.25, -0.2) is 4.98 Å². The maximum atomic E-state index is 5.57. The third-order valence-electron chi connectivity index (χ3n) is 2.54. The van der Waals surface area contributed by atoms with Gasteiger partial charge in [0.15, 0.2) is 0 Å². The predicted molar refractivity (Wildman–Crippen MR) is 60.1 cm³/mol. The van der Waals surface area contributed by atoms with Crippen molar-refractivity contribution in [2.45, 2.75) is 13.5 Å². The fourth-order valence-electron chi connectivity index (χ4n) is 1.84. The molecule has 0 atom stereocenters. The molecule has 0 aliphatic rings. The van der Waals surface area contributed by atoms with Gasteiger partial charge < -0.3 is 15.0 Å². The van der Waals surface area contributed by atoms with Gasteiger partial charge in [0.1, 0.15) is 11.4 Å². The van der Waals surface area contributed by atoms with Crippen molar-refractivity contribution in [3.05, 3.63) is 24.0 Å². The molecule has 0 aromatic carbocycles. The smallest absolute Gasteiger partial charge is 0.143 e. The standard InChI is InChI=1S/C11H15N3O/c1-8-7-9-10(15-2)3-5-13-11(9)14(8)6-4-12/h3,5,7H,4,6,12H2,1-2H3. The molecule has 0 aliphatic heterocycles. The summed E-state index contributed by atoms with van der Waals surface area (Å²) in [6, 6.07) is 3.95. The highest BCUT2D eigenvalue weighted by Gasteiger charge is 2.09. The number of fused-ring (bicyclic) bond motifs is 1. The Morgan fingerprint density at radius 2 is 2.33 bits per heavy atom. The van der Waals surface area contributed by atoms with E-state index in [-0.39, 0.29) is 0 Å². The minimum Gasteiger partial charge on any atom is -0.496 e. The van der Waals surface area contributed by atoms with E-state index in [1.54, 1.807) is 13.3 Å². The van der Waals surface area contributed by atoms with Crippen LogP contribution in [0.2, 0.25) is 0 Å². The monoisotopic (exact) mass is 205 g/mol. The molecule has 2 rings (SSSR count).